The molecule has 0 spiro atoms. The molecular formula is C13H24N4O2. The third-order valence-electron chi connectivity index (χ3n) is 4.16. The van der Waals surface area contributed by atoms with Gasteiger partial charge in [-0.1, -0.05) is 0 Å². The van der Waals surface area contributed by atoms with Crippen LogP contribution in [0.3, 0.4) is 0 Å². The maximum atomic E-state index is 11.8. The number of imide groups is 1. The summed E-state index contributed by atoms with van der Waals surface area (Å²) < 4.78 is 0. The number of piperidine rings is 1. The number of hydrogen-bond donors (Lipinski definition) is 3. The number of urea groups is 1. The zero-order valence-corrected chi connectivity index (χ0v) is 11.7. The van der Waals surface area contributed by atoms with E-state index in [0.29, 0.717) is 12.1 Å². The first-order valence-corrected chi connectivity index (χ1v) is 7.13. The lowest BCUT2D eigenvalue weighted by molar-refractivity contribution is -0.122. The Morgan fingerprint density at radius 1 is 1.26 bits per heavy atom. The maximum Gasteiger partial charge on any atom is 0.321 e. The molecule has 3 N–H and O–H groups in total. The second kappa shape index (κ2) is 6.34. The molecule has 2 aliphatic rings. The first-order valence-electron chi connectivity index (χ1n) is 7.13. The molecule has 3 unspecified atom stereocenters. The molecule has 0 aliphatic carbocycles. The van der Waals surface area contributed by atoms with Crippen LogP contribution in [0, 0.1) is 0 Å². The van der Waals surface area contributed by atoms with E-state index in [1.165, 1.54) is 26.4 Å². The Hall–Kier alpha value is -1.14. The van der Waals surface area contributed by atoms with Crippen LogP contribution in [0.5, 0.6) is 0 Å². The minimum atomic E-state index is -0.454. The van der Waals surface area contributed by atoms with E-state index in [1.54, 1.807) is 6.92 Å². The van der Waals surface area contributed by atoms with Crippen molar-refractivity contribution in [3.63, 3.8) is 0 Å². The molecule has 0 aromatic carbocycles. The topological polar surface area (TPSA) is 73.5 Å². The average molecular weight is 268 g/mol. The summed E-state index contributed by atoms with van der Waals surface area (Å²) in [6.07, 6.45) is 4.76. The number of rotatable bonds is 3. The van der Waals surface area contributed by atoms with Crippen molar-refractivity contribution < 1.29 is 9.59 Å². The van der Waals surface area contributed by atoms with Crippen LogP contribution in [0.25, 0.3) is 0 Å². The van der Waals surface area contributed by atoms with Gasteiger partial charge in [0, 0.05) is 19.1 Å². The lowest BCUT2D eigenvalue weighted by Crippen LogP contribution is -2.53. The predicted octanol–water partition coefficient (Wildman–Crippen LogP) is 0.0469. The largest absolute Gasteiger partial charge is 0.341 e. The van der Waals surface area contributed by atoms with E-state index >= 15 is 0 Å². The van der Waals surface area contributed by atoms with Crippen LogP contribution in [0.15, 0.2) is 0 Å². The zero-order valence-electron chi connectivity index (χ0n) is 11.7. The van der Waals surface area contributed by atoms with Crippen molar-refractivity contribution in [2.75, 3.05) is 20.1 Å². The summed E-state index contributed by atoms with van der Waals surface area (Å²) in [6.45, 7) is 4.15. The second-order valence-corrected chi connectivity index (χ2v) is 5.51. The van der Waals surface area contributed by atoms with Gasteiger partial charge in [0.2, 0.25) is 5.91 Å². The molecule has 3 amide bonds. The van der Waals surface area contributed by atoms with E-state index < -0.39 is 6.03 Å². The third kappa shape index (κ3) is 3.67. The summed E-state index contributed by atoms with van der Waals surface area (Å²) in [7, 11) is 1.50. The van der Waals surface area contributed by atoms with Gasteiger partial charge in [-0.2, -0.15) is 0 Å². The zero-order chi connectivity index (χ0) is 13.8. The number of amides is 3. The summed E-state index contributed by atoms with van der Waals surface area (Å²) >= 11 is 0. The van der Waals surface area contributed by atoms with Crippen LogP contribution in [0.4, 0.5) is 4.79 Å². The number of nitrogens with one attached hydrogen (secondary N) is 3. The van der Waals surface area contributed by atoms with E-state index in [2.05, 4.69) is 20.9 Å². The van der Waals surface area contributed by atoms with Gasteiger partial charge in [0.15, 0.2) is 0 Å². The van der Waals surface area contributed by atoms with Gasteiger partial charge in [-0.3, -0.25) is 10.1 Å². The Labute approximate surface area is 114 Å². The molecule has 0 aromatic rings. The van der Waals surface area contributed by atoms with Gasteiger partial charge in [-0.25, -0.2) is 4.79 Å². The maximum absolute atomic E-state index is 11.8. The normalized spacial score (nSPS) is 28.5. The summed E-state index contributed by atoms with van der Waals surface area (Å²) in [6, 6.07) is 0.268. The van der Waals surface area contributed by atoms with Gasteiger partial charge in [0.25, 0.3) is 0 Å². The van der Waals surface area contributed by atoms with E-state index in [9.17, 15) is 9.59 Å². The highest BCUT2D eigenvalue weighted by Crippen LogP contribution is 2.26. The summed E-state index contributed by atoms with van der Waals surface area (Å²) in [5.41, 5.74) is 0. The molecule has 19 heavy (non-hydrogen) atoms. The fraction of sp³-hybridized carbons (Fsp3) is 0.846. The molecule has 2 saturated heterocycles. The fourth-order valence-corrected chi connectivity index (χ4v) is 3.09. The lowest BCUT2D eigenvalue weighted by atomic mass is 9.97. The average Bonchev–Trinajstić information content (AvgIpc) is 2.85. The van der Waals surface area contributed by atoms with Crippen LogP contribution < -0.4 is 16.0 Å². The molecule has 6 heteroatoms. The van der Waals surface area contributed by atoms with Crippen molar-refractivity contribution in [1.29, 1.82) is 0 Å². The molecule has 2 rings (SSSR count). The number of hydrogen-bond acceptors (Lipinski definition) is 4. The van der Waals surface area contributed by atoms with Crippen molar-refractivity contribution >= 4 is 11.9 Å². The molecule has 3 atom stereocenters. The second-order valence-electron chi connectivity index (χ2n) is 5.51. The molecule has 108 valence electrons. The van der Waals surface area contributed by atoms with Crippen LogP contribution in [-0.2, 0) is 4.79 Å². The van der Waals surface area contributed by atoms with E-state index in [4.69, 9.17) is 0 Å². The van der Waals surface area contributed by atoms with Crippen molar-refractivity contribution in [3.8, 4) is 0 Å². The molecular weight excluding hydrogens is 244 g/mol. The van der Waals surface area contributed by atoms with Crippen LogP contribution in [0.1, 0.15) is 32.6 Å². The molecule has 2 heterocycles. The molecule has 2 fully saturated rings. The highest BCUT2D eigenvalue weighted by atomic mass is 16.2. The minimum Gasteiger partial charge on any atom is -0.341 e. The van der Waals surface area contributed by atoms with E-state index in [0.717, 1.165) is 19.4 Å². The molecule has 2 aliphatic heterocycles. The van der Waals surface area contributed by atoms with Crippen molar-refractivity contribution in [2.24, 2.45) is 0 Å². The quantitative estimate of drug-likeness (QED) is 0.676. The lowest BCUT2D eigenvalue weighted by Gasteiger charge is -2.36. The number of fused-ring (bicyclic) bond motifs is 1. The summed E-state index contributed by atoms with van der Waals surface area (Å²) in [5, 5.41) is 8.02. The Balaban J connectivity index is 1.77. The van der Waals surface area contributed by atoms with Gasteiger partial charge in [0.05, 0.1) is 6.04 Å². The summed E-state index contributed by atoms with van der Waals surface area (Å²) in [5.74, 6) is -0.270. The smallest absolute Gasteiger partial charge is 0.321 e. The first kappa shape index (κ1) is 14.3. The number of carbonyl (C=O) groups is 2. The van der Waals surface area contributed by atoms with Crippen molar-refractivity contribution in [2.45, 2.75) is 50.7 Å². The van der Waals surface area contributed by atoms with E-state index in [-0.39, 0.29) is 11.9 Å². The van der Waals surface area contributed by atoms with E-state index in [1.807, 2.05) is 0 Å². The van der Waals surface area contributed by atoms with Crippen LogP contribution >= 0.6 is 0 Å². The van der Waals surface area contributed by atoms with Crippen LogP contribution in [0.2, 0.25) is 0 Å². The number of carbonyl (C=O) groups excluding carboxylic acids is 2. The minimum absolute atomic E-state index is 0.270. The first-order chi connectivity index (χ1) is 9.10. The third-order valence-corrected chi connectivity index (χ3v) is 4.16. The Morgan fingerprint density at radius 3 is 2.79 bits per heavy atom. The van der Waals surface area contributed by atoms with Gasteiger partial charge >= 0.3 is 6.03 Å². The standard InChI is InChI=1S/C13H24N4O2/c1-9(12(18)16-13(19)14-2)15-10-5-7-17-6-3-4-11(17)8-10/h9-11,15H,3-8H2,1-2H3,(H2,14,16,18,19). The molecule has 0 bridgehead atoms. The van der Waals surface area contributed by atoms with Crippen LogP contribution in [-0.4, -0.2) is 55.1 Å². The molecule has 6 nitrogen and oxygen atoms in total. The fourth-order valence-electron chi connectivity index (χ4n) is 3.09. The monoisotopic (exact) mass is 268 g/mol. The molecule has 0 radical (unpaired) electrons. The Bertz CT molecular complexity index is 348. The summed E-state index contributed by atoms with van der Waals surface area (Å²) in [4.78, 5) is 25.4. The van der Waals surface area contributed by atoms with Crippen molar-refractivity contribution in [3.05, 3.63) is 0 Å². The molecule has 0 saturated carbocycles. The van der Waals surface area contributed by atoms with Crippen molar-refractivity contribution in [1.82, 2.24) is 20.9 Å². The van der Waals surface area contributed by atoms with Gasteiger partial charge in [0.1, 0.15) is 0 Å². The predicted molar refractivity (Wildman–Crippen MR) is 72.8 cm³/mol. The van der Waals surface area contributed by atoms with Gasteiger partial charge in [-0.05, 0) is 45.7 Å². The highest BCUT2D eigenvalue weighted by Gasteiger charge is 2.32. The SMILES string of the molecule is CNC(=O)NC(=O)C(C)NC1CCN2CCCC2C1. The van der Waals surface area contributed by atoms with Gasteiger partial charge < -0.3 is 15.5 Å². The van der Waals surface area contributed by atoms with Gasteiger partial charge in [-0.15, -0.1) is 0 Å². The Morgan fingerprint density at radius 2 is 2.05 bits per heavy atom. The highest BCUT2D eigenvalue weighted by molar-refractivity contribution is 5.96. The number of nitrogens with zero attached hydrogens (tertiary/aromatic N) is 1. The Kier molecular flexibility index (Phi) is 4.76. The molecule has 0 aromatic heterocycles.